The standard InChI is InChI=1S/C23H19ClN4.C18H16ClN5/c1-28-14-16(17-9-5-6-10-22(17)28)13-25-23-19-11-18(15-7-3-2-4-8-15)20(24)12-21(19)26-27-23;1-24-8-7-20-17(24)11-21-18-14-9-13(12-5-3-2-4-6-12)15(19)10-16(14)22-23-18/h2-12,14H,13H2,1H3,(H2,25,26,27);2-10H,11H2,1H3,(H2,21,22,23). The minimum Gasteiger partial charge on any atom is -0.364 e. The Labute approximate surface area is 310 Å². The molecule has 9 aromatic rings. The van der Waals surface area contributed by atoms with Crippen LogP contribution in [0.2, 0.25) is 10.0 Å². The molecule has 52 heavy (non-hydrogen) atoms. The van der Waals surface area contributed by atoms with Gasteiger partial charge in [-0.15, -0.1) is 0 Å². The number of aromatic amines is 2. The van der Waals surface area contributed by atoms with Gasteiger partial charge in [0.25, 0.3) is 0 Å². The Hall–Kier alpha value is -6.03. The molecule has 4 N–H and O–H groups in total. The number of imidazole rings is 1. The van der Waals surface area contributed by atoms with E-state index in [4.69, 9.17) is 23.2 Å². The average molecular weight is 725 g/mol. The summed E-state index contributed by atoms with van der Waals surface area (Å²) in [6.07, 6.45) is 5.87. The Morgan fingerprint density at radius 3 is 1.71 bits per heavy atom. The van der Waals surface area contributed by atoms with Crippen LogP contribution in [-0.4, -0.2) is 34.5 Å². The highest BCUT2D eigenvalue weighted by molar-refractivity contribution is 6.34. The van der Waals surface area contributed by atoms with Gasteiger partial charge in [0.05, 0.1) is 27.6 Å². The van der Waals surface area contributed by atoms with Crippen molar-refractivity contribution in [3.05, 3.63) is 149 Å². The molecular formula is C41H35Cl2N9. The van der Waals surface area contributed by atoms with Crippen LogP contribution in [0.3, 0.4) is 0 Å². The summed E-state index contributed by atoms with van der Waals surface area (Å²) in [6, 6.07) is 36.7. The minimum absolute atomic E-state index is 0.604. The van der Waals surface area contributed by atoms with Gasteiger partial charge in [0.15, 0.2) is 11.6 Å². The molecule has 9 rings (SSSR count). The van der Waals surface area contributed by atoms with E-state index in [1.54, 1.807) is 6.20 Å². The van der Waals surface area contributed by atoms with E-state index in [9.17, 15) is 0 Å². The maximum Gasteiger partial charge on any atom is 0.156 e. The molecule has 0 aliphatic heterocycles. The Morgan fingerprint density at radius 2 is 1.15 bits per heavy atom. The first kappa shape index (κ1) is 33.1. The van der Waals surface area contributed by atoms with Crippen LogP contribution >= 0.6 is 23.2 Å². The second kappa shape index (κ2) is 14.3. The van der Waals surface area contributed by atoms with Gasteiger partial charge < -0.3 is 19.8 Å². The van der Waals surface area contributed by atoms with Crippen LogP contribution in [-0.2, 0) is 27.2 Å². The summed E-state index contributed by atoms with van der Waals surface area (Å²) >= 11 is 13.0. The maximum atomic E-state index is 6.52. The van der Waals surface area contributed by atoms with Gasteiger partial charge >= 0.3 is 0 Å². The van der Waals surface area contributed by atoms with Crippen molar-refractivity contribution in [2.24, 2.45) is 14.1 Å². The summed E-state index contributed by atoms with van der Waals surface area (Å²) in [7, 11) is 4.05. The third-order valence-corrected chi connectivity index (χ3v) is 9.86. The molecule has 0 saturated heterocycles. The van der Waals surface area contributed by atoms with E-state index >= 15 is 0 Å². The molecule has 5 aromatic carbocycles. The van der Waals surface area contributed by atoms with Gasteiger partial charge in [-0.3, -0.25) is 10.2 Å². The molecule has 0 atom stereocenters. The van der Waals surface area contributed by atoms with Crippen molar-refractivity contribution in [1.29, 1.82) is 0 Å². The van der Waals surface area contributed by atoms with Gasteiger partial charge in [-0.1, -0.05) is 102 Å². The summed E-state index contributed by atoms with van der Waals surface area (Å²) in [4.78, 5) is 4.32. The molecule has 11 heteroatoms. The smallest absolute Gasteiger partial charge is 0.156 e. The monoisotopic (exact) mass is 723 g/mol. The lowest BCUT2D eigenvalue weighted by atomic mass is 10.0. The highest BCUT2D eigenvalue weighted by Gasteiger charge is 2.14. The number of H-pyrrole nitrogens is 2. The van der Waals surface area contributed by atoms with E-state index in [0.29, 0.717) is 23.1 Å². The van der Waals surface area contributed by atoms with Crippen LogP contribution in [0.4, 0.5) is 11.6 Å². The van der Waals surface area contributed by atoms with Crippen LogP contribution in [0.15, 0.2) is 128 Å². The van der Waals surface area contributed by atoms with Crippen molar-refractivity contribution in [3.63, 3.8) is 0 Å². The van der Waals surface area contributed by atoms with Crippen molar-refractivity contribution in [2.45, 2.75) is 13.1 Å². The second-order valence-corrected chi connectivity index (χ2v) is 13.4. The van der Waals surface area contributed by atoms with Crippen LogP contribution < -0.4 is 10.6 Å². The largest absolute Gasteiger partial charge is 0.364 e. The number of nitrogens with one attached hydrogen (secondary N) is 4. The first-order valence-electron chi connectivity index (χ1n) is 16.9. The second-order valence-electron chi connectivity index (χ2n) is 12.6. The Balaban J connectivity index is 0.000000151. The predicted octanol–water partition coefficient (Wildman–Crippen LogP) is 10.2. The maximum absolute atomic E-state index is 6.52. The number of anilines is 2. The number of aromatic nitrogens is 7. The summed E-state index contributed by atoms with van der Waals surface area (Å²) in [5.41, 5.74) is 8.47. The molecule has 0 aliphatic carbocycles. The fourth-order valence-corrected chi connectivity index (χ4v) is 7.04. The fraction of sp³-hybridized carbons (Fsp3) is 0.0976. The van der Waals surface area contributed by atoms with E-state index in [2.05, 4.69) is 102 Å². The van der Waals surface area contributed by atoms with Crippen molar-refractivity contribution in [3.8, 4) is 22.3 Å². The fourth-order valence-electron chi connectivity index (χ4n) is 6.50. The molecule has 4 heterocycles. The number of nitrogens with zero attached hydrogens (tertiary/aromatic N) is 5. The zero-order valence-electron chi connectivity index (χ0n) is 28.5. The lowest BCUT2D eigenvalue weighted by molar-refractivity contribution is 0.810. The molecule has 0 aliphatic rings. The van der Waals surface area contributed by atoms with Gasteiger partial charge in [-0.2, -0.15) is 10.2 Å². The molecule has 258 valence electrons. The topological polar surface area (TPSA) is 104 Å². The average Bonchev–Trinajstić information content (AvgIpc) is 3.95. The molecule has 0 radical (unpaired) electrons. The van der Waals surface area contributed by atoms with E-state index in [1.807, 2.05) is 78.5 Å². The van der Waals surface area contributed by atoms with Crippen molar-refractivity contribution in [2.75, 3.05) is 10.6 Å². The number of aryl methyl sites for hydroxylation is 2. The molecule has 0 spiro atoms. The minimum atomic E-state index is 0.604. The number of para-hydroxylation sites is 1. The summed E-state index contributed by atoms with van der Waals surface area (Å²) in [5.74, 6) is 2.57. The van der Waals surface area contributed by atoms with Crippen LogP contribution in [0.25, 0.3) is 55.0 Å². The summed E-state index contributed by atoms with van der Waals surface area (Å²) in [5, 5.41) is 26.5. The molecular weight excluding hydrogens is 689 g/mol. The number of rotatable bonds is 8. The van der Waals surface area contributed by atoms with Gasteiger partial charge in [0.2, 0.25) is 0 Å². The zero-order valence-corrected chi connectivity index (χ0v) is 30.0. The van der Waals surface area contributed by atoms with Gasteiger partial charge in [0, 0.05) is 72.0 Å². The molecule has 0 fully saturated rings. The summed E-state index contributed by atoms with van der Waals surface area (Å²) in [6.45, 7) is 1.30. The first-order valence-corrected chi connectivity index (χ1v) is 17.6. The lowest BCUT2D eigenvalue weighted by Crippen LogP contribution is -2.06. The molecule has 4 aromatic heterocycles. The van der Waals surface area contributed by atoms with Crippen LogP contribution in [0.1, 0.15) is 11.4 Å². The van der Waals surface area contributed by atoms with Gasteiger partial charge in [-0.25, -0.2) is 4.98 Å². The molecule has 0 bridgehead atoms. The normalized spacial score (nSPS) is 11.2. The molecule has 0 unspecified atom stereocenters. The number of benzene rings is 5. The SMILES string of the molecule is Cn1cc(CNc2n[nH]c3cc(Cl)c(-c4ccccc4)cc23)c2ccccc21.Cn1ccnc1CNc1n[nH]c2cc(Cl)c(-c3ccccc3)cc12. The predicted molar refractivity (Wildman–Crippen MR) is 214 cm³/mol. The van der Waals surface area contributed by atoms with Crippen LogP contribution in [0, 0.1) is 0 Å². The Morgan fingerprint density at radius 1 is 0.615 bits per heavy atom. The van der Waals surface area contributed by atoms with E-state index in [1.165, 1.54) is 16.5 Å². The lowest BCUT2D eigenvalue weighted by Gasteiger charge is -2.07. The van der Waals surface area contributed by atoms with Crippen molar-refractivity contribution < 1.29 is 0 Å². The first-order chi connectivity index (χ1) is 25.4. The highest BCUT2D eigenvalue weighted by Crippen LogP contribution is 2.35. The number of hydrogen-bond acceptors (Lipinski definition) is 5. The van der Waals surface area contributed by atoms with E-state index in [-0.39, 0.29) is 0 Å². The van der Waals surface area contributed by atoms with Gasteiger partial charge in [0.1, 0.15) is 5.82 Å². The Kier molecular flexibility index (Phi) is 9.11. The molecule has 0 saturated carbocycles. The summed E-state index contributed by atoms with van der Waals surface area (Å²) < 4.78 is 4.14. The quantitative estimate of drug-likeness (QED) is 0.125. The number of hydrogen-bond donors (Lipinski definition) is 4. The third-order valence-electron chi connectivity index (χ3n) is 9.23. The van der Waals surface area contributed by atoms with Crippen molar-refractivity contribution >= 4 is 67.5 Å². The van der Waals surface area contributed by atoms with E-state index < -0.39 is 0 Å². The van der Waals surface area contributed by atoms with E-state index in [0.717, 1.165) is 61.5 Å². The van der Waals surface area contributed by atoms with Crippen LogP contribution in [0.5, 0.6) is 0 Å². The van der Waals surface area contributed by atoms with Crippen molar-refractivity contribution in [1.82, 2.24) is 34.5 Å². The zero-order chi connectivity index (χ0) is 35.6. The van der Waals surface area contributed by atoms with Gasteiger partial charge in [-0.05, 0) is 47.0 Å². The third kappa shape index (κ3) is 6.59. The Bertz CT molecular complexity index is 2640. The number of fused-ring (bicyclic) bond motifs is 3. The number of halogens is 2. The highest BCUT2D eigenvalue weighted by atomic mass is 35.5. The molecule has 9 nitrogen and oxygen atoms in total. The molecule has 0 amide bonds.